The zero-order chi connectivity index (χ0) is 12.4. The Kier molecular flexibility index (Phi) is 3.73. The Bertz CT molecular complexity index is 282. The van der Waals surface area contributed by atoms with E-state index in [-0.39, 0.29) is 11.3 Å². The molecule has 0 heterocycles. The Morgan fingerprint density at radius 3 is 2.35 bits per heavy atom. The van der Waals surface area contributed by atoms with E-state index in [9.17, 15) is 9.90 Å². The first-order chi connectivity index (χ1) is 8.10. The van der Waals surface area contributed by atoms with Crippen LogP contribution in [0.15, 0.2) is 0 Å². The average molecular weight is 241 g/mol. The number of ether oxygens (including phenoxy) is 1. The summed E-state index contributed by atoms with van der Waals surface area (Å²) >= 11 is 0. The number of rotatable bonds is 6. The lowest BCUT2D eigenvalue weighted by atomic mass is 9.66. The molecule has 0 unspecified atom stereocenters. The minimum Gasteiger partial charge on any atom is -0.388 e. The smallest absolute Gasteiger partial charge is 0.226 e. The van der Waals surface area contributed by atoms with Gasteiger partial charge in [0.25, 0.3) is 0 Å². The summed E-state index contributed by atoms with van der Waals surface area (Å²) in [5.41, 5.74) is -0.835. The molecule has 0 radical (unpaired) electrons. The highest BCUT2D eigenvalue weighted by atomic mass is 16.5. The van der Waals surface area contributed by atoms with Gasteiger partial charge in [-0.25, -0.2) is 0 Å². The fraction of sp³-hybridized carbons (Fsp3) is 0.923. The van der Waals surface area contributed by atoms with Gasteiger partial charge in [-0.15, -0.1) is 0 Å². The van der Waals surface area contributed by atoms with Crippen molar-refractivity contribution in [2.45, 2.75) is 50.5 Å². The first kappa shape index (κ1) is 12.8. The molecule has 0 saturated heterocycles. The van der Waals surface area contributed by atoms with Crippen molar-refractivity contribution in [2.24, 2.45) is 5.41 Å². The highest BCUT2D eigenvalue weighted by Gasteiger charge is 2.44. The van der Waals surface area contributed by atoms with Crippen molar-refractivity contribution in [1.82, 2.24) is 5.32 Å². The Morgan fingerprint density at radius 2 is 1.94 bits per heavy atom. The summed E-state index contributed by atoms with van der Waals surface area (Å²) in [6.45, 7) is 1.05. The van der Waals surface area contributed by atoms with Crippen LogP contribution in [0.1, 0.15) is 44.9 Å². The van der Waals surface area contributed by atoms with Crippen molar-refractivity contribution in [1.29, 1.82) is 0 Å². The number of aliphatic hydroxyl groups is 1. The second-order valence-electron chi connectivity index (χ2n) is 5.64. The van der Waals surface area contributed by atoms with Gasteiger partial charge in [-0.05, 0) is 38.5 Å². The molecule has 2 aliphatic rings. The van der Waals surface area contributed by atoms with E-state index >= 15 is 0 Å². The van der Waals surface area contributed by atoms with E-state index in [0.717, 1.165) is 44.9 Å². The van der Waals surface area contributed by atoms with E-state index in [1.54, 1.807) is 7.11 Å². The van der Waals surface area contributed by atoms with Crippen LogP contribution in [0, 0.1) is 5.41 Å². The van der Waals surface area contributed by atoms with Crippen molar-refractivity contribution in [3.05, 3.63) is 0 Å². The maximum atomic E-state index is 12.2. The van der Waals surface area contributed by atoms with Gasteiger partial charge in [-0.2, -0.15) is 0 Å². The molecule has 2 fully saturated rings. The summed E-state index contributed by atoms with van der Waals surface area (Å²) in [6, 6.07) is 0. The monoisotopic (exact) mass is 241 g/mol. The summed E-state index contributed by atoms with van der Waals surface area (Å²) in [7, 11) is 1.67. The summed E-state index contributed by atoms with van der Waals surface area (Å²) in [6.07, 6.45) is 6.55. The molecule has 2 saturated carbocycles. The van der Waals surface area contributed by atoms with Gasteiger partial charge in [0.1, 0.15) is 0 Å². The molecule has 0 bridgehead atoms. The third-order valence-electron chi connectivity index (χ3n) is 4.44. The van der Waals surface area contributed by atoms with Gasteiger partial charge in [0.15, 0.2) is 0 Å². The zero-order valence-corrected chi connectivity index (χ0v) is 10.6. The number of hydrogen-bond donors (Lipinski definition) is 2. The lowest BCUT2D eigenvalue weighted by Crippen LogP contribution is -2.53. The van der Waals surface area contributed by atoms with Crippen LogP contribution < -0.4 is 5.32 Å². The Morgan fingerprint density at radius 1 is 1.29 bits per heavy atom. The van der Waals surface area contributed by atoms with Crippen LogP contribution in [0.3, 0.4) is 0 Å². The minimum absolute atomic E-state index is 0.112. The molecule has 0 aromatic heterocycles. The van der Waals surface area contributed by atoms with Crippen LogP contribution in [0.5, 0.6) is 0 Å². The third-order valence-corrected chi connectivity index (χ3v) is 4.44. The number of nitrogens with one attached hydrogen (secondary N) is 1. The van der Waals surface area contributed by atoms with E-state index in [0.29, 0.717) is 13.2 Å². The minimum atomic E-state index is -0.623. The molecular weight excluding hydrogens is 218 g/mol. The molecule has 0 aromatic rings. The first-order valence-electron chi connectivity index (χ1n) is 6.60. The molecule has 0 spiro atoms. The predicted octanol–water partition coefficient (Wildman–Crippen LogP) is 1.22. The van der Waals surface area contributed by atoms with Crippen LogP contribution in [0.25, 0.3) is 0 Å². The molecular formula is C13H23NO3. The van der Waals surface area contributed by atoms with Crippen LogP contribution >= 0.6 is 0 Å². The maximum Gasteiger partial charge on any atom is 0.226 e. The van der Waals surface area contributed by atoms with Gasteiger partial charge in [-0.3, -0.25) is 4.79 Å². The van der Waals surface area contributed by atoms with Gasteiger partial charge in [0, 0.05) is 20.3 Å². The van der Waals surface area contributed by atoms with Gasteiger partial charge in [0.05, 0.1) is 11.0 Å². The lowest BCUT2D eigenvalue weighted by Gasteiger charge is -2.42. The summed E-state index contributed by atoms with van der Waals surface area (Å²) < 4.78 is 5.07. The zero-order valence-electron chi connectivity index (χ0n) is 10.6. The maximum absolute atomic E-state index is 12.2. The summed E-state index contributed by atoms with van der Waals surface area (Å²) in [4.78, 5) is 12.2. The Balaban J connectivity index is 1.80. The van der Waals surface area contributed by atoms with E-state index in [4.69, 9.17) is 4.74 Å². The molecule has 0 aliphatic heterocycles. The number of carbonyl (C=O) groups excluding carboxylic acids is 1. The lowest BCUT2D eigenvalue weighted by molar-refractivity contribution is -0.139. The summed E-state index contributed by atoms with van der Waals surface area (Å²) in [5.74, 6) is 0.112. The molecule has 4 heteroatoms. The second-order valence-corrected chi connectivity index (χ2v) is 5.64. The second kappa shape index (κ2) is 4.94. The quantitative estimate of drug-likeness (QED) is 0.735. The third kappa shape index (κ3) is 2.63. The molecule has 0 aromatic carbocycles. The van der Waals surface area contributed by atoms with Crippen LogP contribution in [-0.2, 0) is 9.53 Å². The standard InChI is InChI=1S/C13H23NO3/c1-17-9-8-12(4-2-5-12)11(15)14-10-13(16)6-3-7-13/h16H,2-10H2,1H3,(H,14,15). The Labute approximate surface area is 103 Å². The molecule has 17 heavy (non-hydrogen) atoms. The van der Waals surface area contributed by atoms with Crippen LogP contribution in [0.2, 0.25) is 0 Å². The molecule has 2 N–H and O–H groups in total. The van der Waals surface area contributed by atoms with Crippen LogP contribution in [-0.4, -0.2) is 36.9 Å². The van der Waals surface area contributed by atoms with Crippen LogP contribution in [0.4, 0.5) is 0 Å². The molecule has 0 atom stereocenters. The largest absolute Gasteiger partial charge is 0.388 e. The highest BCUT2D eigenvalue weighted by Crippen LogP contribution is 2.44. The molecule has 4 nitrogen and oxygen atoms in total. The van der Waals surface area contributed by atoms with Crippen molar-refractivity contribution < 1.29 is 14.6 Å². The number of methoxy groups -OCH3 is 1. The van der Waals surface area contributed by atoms with Gasteiger partial charge in [-0.1, -0.05) is 6.42 Å². The fourth-order valence-electron chi connectivity index (χ4n) is 2.69. The van der Waals surface area contributed by atoms with Crippen molar-refractivity contribution in [3.8, 4) is 0 Å². The first-order valence-corrected chi connectivity index (χ1v) is 6.60. The Hall–Kier alpha value is -0.610. The van der Waals surface area contributed by atoms with E-state index in [2.05, 4.69) is 5.32 Å². The van der Waals surface area contributed by atoms with Crippen molar-refractivity contribution in [3.63, 3.8) is 0 Å². The van der Waals surface area contributed by atoms with Crippen molar-refractivity contribution >= 4 is 5.91 Å². The number of hydrogen-bond acceptors (Lipinski definition) is 3. The van der Waals surface area contributed by atoms with Gasteiger partial charge < -0.3 is 15.2 Å². The molecule has 2 rings (SSSR count). The summed E-state index contributed by atoms with van der Waals surface area (Å²) in [5, 5.41) is 12.9. The van der Waals surface area contributed by atoms with Crippen molar-refractivity contribution in [2.75, 3.05) is 20.3 Å². The predicted molar refractivity (Wildman–Crippen MR) is 64.6 cm³/mol. The SMILES string of the molecule is COCCC1(C(=O)NCC2(O)CCC2)CCC1. The fourth-order valence-corrected chi connectivity index (χ4v) is 2.69. The highest BCUT2D eigenvalue weighted by molar-refractivity contribution is 5.83. The molecule has 98 valence electrons. The van der Waals surface area contributed by atoms with E-state index in [1.807, 2.05) is 0 Å². The topological polar surface area (TPSA) is 58.6 Å². The normalized spacial score (nSPS) is 24.6. The van der Waals surface area contributed by atoms with Gasteiger partial charge >= 0.3 is 0 Å². The van der Waals surface area contributed by atoms with Gasteiger partial charge in [0.2, 0.25) is 5.91 Å². The number of amides is 1. The number of carbonyl (C=O) groups is 1. The average Bonchev–Trinajstić information content (AvgIpc) is 2.22. The molecule has 1 amide bonds. The molecule has 2 aliphatic carbocycles. The van der Waals surface area contributed by atoms with E-state index in [1.165, 1.54) is 0 Å². The van der Waals surface area contributed by atoms with E-state index < -0.39 is 5.60 Å².